The van der Waals surface area contributed by atoms with Gasteiger partial charge in [-0.1, -0.05) is 12.1 Å². The summed E-state index contributed by atoms with van der Waals surface area (Å²) in [5.74, 6) is 0.628. The number of anilines is 1. The van der Waals surface area contributed by atoms with E-state index in [9.17, 15) is 14.9 Å². The molecule has 0 aliphatic carbocycles. The number of aromatic nitrogens is 4. The fourth-order valence-electron chi connectivity index (χ4n) is 2.14. The summed E-state index contributed by atoms with van der Waals surface area (Å²) in [6, 6.07) is 6.32. The molecule has 0 fully saturated rings. The molecule has 0 spiro atoms. The van der Waals surface area contributed by atoms with Crippen molar-refractivity contribution in [3.63, 3.8) is 0 Å². The first kappa shape index (κ1) is 13.7. The Bertz CT molecular complexity index is 896. The van der Waals surface area contributed by atoms with Crippen LogP contribution in [0.3, 0.4) is 0 Å². The topological polar surface area (TPSA) is 144 Å². The Kier molecular flexibility index (Phi) is 3.30. The summed E-state index contributed by atoms with van der Waals surface area (Å²) >= 11 is 0. The van der Waals surface area contributed by atoms with Crippen LogP contribution in [-0.4, -0.2) is 24.9 Å². The third-order valence-corrected chi connectivity index (χ3v) is 3.23. The molecule has 0 bridgehead atoms. The van der Waals surface area contributed by atoms with E-state index in [1.165, 1.54) is 12.1 Å². The van der Waals surface area contributed by atoms with Crippen molar-refractivity contribution in [2.45, 2.75) is 12.8 Å². The Balaban J connectivity index is 1.77. The van der Waals surface area contributed by atoms with Gasteiger partial charge in [-0.3, -0.25) is 19.9 Å². The Labute approximate surface area is 123 Å². The predicted molar refractivity (Wildman–Crippen MR) is 79.4 cm³/mol. The molecule has 9 nitrogen and oxygen atoms in total. The number of nitrogen functional groups attached to an aromatic ring is 1. The average molecular weight is 300 g/mol. The van der Waals surface area contributed by atoms with E-state index in [0.29, 0.717) is 18.7 Å². The summed E-state index contributed by atoms with van der Waals surface area (Å²) in [5, 5.41) is 10.6. The van der Waals surface area contributed by atoms with Crippen molar-refractivity contribution in [2.24, 2.45) is 0 Å². The number of rotatable bonds is 4. The standard InChI is InChI=1S/C13H12N6O3/c14-13-17-11-10(12(20)18-13)15-9(16-11)6-3-7-1-4-8(5-2-7)19(21)22/h1-2,4-5H,3,6H2,(H4,14,15,16,17,18,20). The monoisotopic (exact) mass is 300 g/mol. The van der Waals surface area contributed by atoms with Crippen LogP contribution in [0.1, 0.15) is 11.4 Å². The highest BCUT2D eigenvalue weighted by molar-refractivity contribution is 5.70. The summed E-state index contributed by atoms with van der Waals surface area (Å²) in [5.41, 5.74) is 6.65. The quantitative estimate of drug-likeness (QED) is 0.482. The summed E-state index contributed by atoms with van der Waals surface area (Å²) in [7, 11) is 0. The van der Waals surface area contributed by atoms with Crippen LogP contribution in [0.4, 0.5) is 11.6 Å². The third-order valence-electron chi connectivity index (χ3n) is 3.23. The first-order valence-electron chi connectivity index (χ1n) is 6.50. The van der Waals surface area contributed by atoms with Gasteiger partial charge in [0.15, 0.2) is 11.2 Å². The number of nitrogens with zero attached hydrogens (tertiary/aromatic N) is 3. The molecule has 0 aliphatic heterocycles. The van der Waals surface area contributed by atoms with Crippen LogP contribution < -0.4 is 11.3 Å². The van der Waals surface area contributed by atoms with Crippen molar-refractivity contribution < 1.29 is 4.92 Å². The number of nitrogens with one attached hydrogen (secondary N) is 2. The number of hydrogen-bond acceptors (Lipinski definition) is 6. The van der Waals surface area contributed by atoms with Crippen LogP contribution in [0.15, 0.2) is 29.1 Å². The lowest BCUT2D eigenvalue weighted by Gasteiger charge is -1.99. The van der Waals surface area contributed by atoms with Crippen molar-refractivity contribution in [3.8, 4) is 0 Å². The van der Waals surface area contributed by atoms with E-state index < -0.39 is 4.92 Å². The van der Waals surface area contributed by atoms with Crippen molar-refractivity contribution in [3.05, 3.63) is 56.1 Å². The highest BCUT2D eigenvalue weighted by atomic mass is 16.6. The molecule has 112 valence electrons. The van der Waals surface area contributed by atoms with Crippen LogP contribution >= 0.6 is 0 Å². The van der Waals surface area contributed by atoms with E-state index in [0.717, 1.165) is 5.56 Å². The summed E-state index contributed by atoms with van der Waals surface area (Å²) < 4.78 is 0. The smallest absolute Gasteiger partial charge is 0.278 e. The van der Waals surface area contributed by atoms with E-state index in [2.05, 4.69) is 19.9 Å². The van der Waals surface area contributed by atoms with Crippen LogP contribution in [0.25, 0.3) is 11.2 Å². The average Bonchev–Trinajstić information content (AvgIpc) is 2.89. The number of hydrogen-bond donors (Lipinski definition) is 3. The zero-order valence-corrected chi connectivity index (χ0v) is 11.4. The minimum atomic E-state index is -0.439. The van der Waals surface area contributed by atoms with Crippen molar-refractivity contribution in [1.82, 2.24) is 19.9 Å². The molecular formula is C13H12N6O3. The number of non-ortho nitro benzene ring substituents is 1. The number of nitro groups is 1. The molecule has 0 aliphatic rings. The van der Waals surface area contributed by atoms with E-state index in [4.69, 9.17) is 5.73 Å². The predicted octanol–water partition coefficient (Wildman–Crippen LogP) is 0.922. The van der Waals surface area contributed by atoms with E-state index in [1.807, 2.05) is 0 Å². The maximum absolute atomic E-state index is 11.7. The number of nitro benzene ring substituents is 1. The number of fused-ring (bicyclic) bond motifs is 1. The highest BCUT2D eigenvalue weighted by Crippen LogP contribution is 2.14. The molecule has 2 aromatic heterocycles. The normalized spacial score (nSPS) is 10.9. The molecule has 9 heteroatoms. The number of benzene rings is 1. The number of aromatic amines is 2. The van der Waals surface area contributed by atoms with Gasteiger partial charge in [-0.2, -0.15) is 4.98 Å². The molecule has 0 unspecified atom stereocenters. The van der Waals surface area contributed by atoms with Crippen molar-refractivity contribution >= 4 is 22.8 Å². The van der Waals surface area contributed by atoms with Gasteiger partial charge in [0.1, 0.15) is 5.82 Å². The van der Waals surface area contributed by atoms with E-state index in [1.54, 1.807) is 12.1 Å². The largest absolute Gasteiger partial charge is 0.369 e. The lowest BCUT2D eigenvalue weighted by Crippen LogP contribution is -2.10. The number of imidazole rings is 1. The molecule has 0 saturated heterocycles. The van der Waals surface area contributed by atoms with Gasteiger partial charge in [0.05, 0.1) is 4.92 Å². The molecule has 3 aromatic rings. The summed E-state index contributed by atoms with van der Waals surface area (Å²) in [6.45, 7) is 0. The Morgan fingerprint density at radius 3 is 2.55 bits per heavy atom. The zero-order chi connectivity index (χ0) is 15.7. The molecule has 1 aromatic carbocycles. The molecule has 22 heavy (non-hydrogen) atoms. The van der Waals surface area contributed by atoms with E-state index >= 15 is 0 Å². The fourth-order valence-corrected chi connectivity index (χ4v) is 2.14. The number of aryl methyl sites for hydroxylation is 2. The van der Waals surface area contributed by atoms with Crippen LogP contribution in [0.5, 0.6) is 0 Å². The van der Waals surface area contributed by atoms with Crippen LogP contribution in [0.2, 0.25) is 0 Å². The van der Waals surface area contributed by atoms with Gasteiger partial charge in [0, 0.05) is 18.6 Å². The highest BCUT2D eigenvalue weighted by Gasteiger charge is 2.09. The second-order valence-corrected chi connectivity index (χ2v) is 4.76. The second kappa shape index (κ2) is 5.28. The first-order chi connectivity index (χ1) is 10.5. The molecule has 2 heterocycles. The number of H-pyrrole nitrogens is 2. The van der Waals surface area contributed by atoms with Crippen molar-refractivity contribution in [2.75, 3.05) is 5.73 Å². The number of nitrogens with two attached hydrogens (primary N) is 1. The molecule has 0 saturated carbocycles. The SMILES string of the molecule is Nc1nc2nc(CCc3ccc([N+](=O)[O-])cc3)[nH]c2c(=O)[nH]1. The zero-order valence-electron chi connectivity index (χ0n) is 11.4. The Morgan fingerprint density at radius 2 is 1.86 bits per heavy atom. The lowest BCUT2D eigenvalue weighted by atomic mass is 10.1. The van der Waals surface area contributed by atoms with Gasteiger partial charge in [0.2, 0.25) is 5.95 Å². The molecule has 0 amide bonds. The molecule has 0 radical (unpaired) electrons. The molecule has 4 N–H and O–H groups in total. The van der Waals surface area contributed by atoms with Gasteiger partial charge in [0.25, 0.3) is 11.2 Å². The van der Waals surface area contributed by atoms with Gasteiger partial charge in [-0.15, -0.1) is 0 Å². The maximum Gasteiger partial charge on any atom is 0.278 e. The third kappa shape index (κ3) is 2.64. The maximum atomic E-state index is 11.7. The molecule has 0 atom stereocenters. The van der Waals surface area contributed by atoms with Crippen LogP contribution in [0, 0.1) is 10.1 Å². The summed E-state index contributed by atoms with van der Waals surface area (Å²) in [4.78, 5) is 35.3. The van der Waals surface area contributed by atoms with E-state index in [-0.39, 0.29) is 28.4 Å². The Hall–Kier alpha value is -3.23. The second-order valence-electron chi connectivity index (χ2n) is 4.76. The van der Waals surface area contributed by atoms with Crippen molar-refractivity contribution in [1.29, 1.82) is 0 Å². The minimum Gasteiger partial charge on any atom is -0.369 e. The summed E-state index contributed by atoms with van der Waals surface area (Å²) in [6.07, 6.45) is 1.18. The fraction of sp³-hybridized carbons (Fsp3) is 0.154. The van der Waals surface area contributed by atoms with Gasteiger partial charge < -0.3 is 10.7 Å². The molecule has 3 rings (SSSR count). The van der Waals surface area contributed by atoms with Gasteiger partial charge in [-0.05, 0) is 12.0 Å². The van der Waals surface area contributed by atoms with Gasteiger partial charge in [-0.25, -0.2) is 4.98 Å². The molecular weight excluding hydrogens is 288 g/mol. The first-order valence-corrected chi connectivity index (χ1v) is 6.50. The Morgan fingerprint density at radius 1 is 1.14 bits per heavy atom. The van der Waals surface area contributed by atoms with Crippen LogP contribution in [-0.2, 0) is 12.8 Å². The lowest BCUT2D eigenvalue weighted by molar-refractivity contribution is -0.384. The minimum absolute atomic E-state index is 0.0194. The van der Waals surface area contributed by atoms with Gasteiger partial charge >= 0.3 is 0 Å².